The van der Waals surface area contributed by atoms with E-state index in [1.54, 1.807) is 0 Å². The lowest BCUT2D eigenvalue weighted by Gasteiger charge is -2.15. The molecule has 0 aliphatic carbocycles. The SMILES string of the molecule is CC(NCc1ccc(CO)cc1)c1ccc(C(F)(F)F)cc1. The Bertz CT molecular complexity index is 591. The zero-order valence-corrected chi connectivity index (χ0v) is 12.2. The van der Waals surface area contributed by atoms with E-state index in [1.165, 1.54) is 12.1 Å². The third-order valence-electron chi connectivity index (χ3n) is 3.56. The summed E-state index contributed by atoms with van der Waals surface area (Å²) in [4.78, 5) is 0. The molecule has 0 radical (unpaired) electrons. The molecule has 0 aliphatic heterocycles. The number of aliphatic hydroxyl groups is 1. The highest BCUT2D eigenvalue weighted by Gasteiger charge is 2.30. The largest absolute Gasteiger partial charge is 0.416 e. The summed E-state index contributed by atoms with van der Waals surface area (Å²) in [7, 11) is 0. The molecule has 2 N–H and O–H groups in total. The van der Waals surface area contributed by atoms with Crippen LogP contribution in [0.15, 0.2) is 48.5 Å². The molecular weight excluding hydrogens is 291 g/mol. The Hall–Kier alpha value is -1.85. The van der Waals surface area contributed by atoms with Crippen LogP contribution in [0.2, 0.25) is 0 Å². The van der Waals surface area contributed by atoms with Crippen LogP contribution in [0.25, 0.3) is 0 Å². The van der Waals surface area contributed by atoms with Crippen LogP contribution in [0.1, 0.15) is 35.2 Å². The summed E-state index contributed by atoms with van der Waals surface area (Å²) in [6, 6.07) is 12.7. The van der Waals surface area contributed by atoms with Gasteiger partial charge < -0.3 is 10.4 Å². The van der Waals surface area contributed by atoms with E-state index in [2.05, 4.69) is 5.32 Å². The summed E-state index contributed by atoms with van der Waals surface area (Å²) in [6.07, 6.45) is -4.30. The molecule has 0 saturated heterocycles. The van der Waals surface area contributed by atoms with Crippen LogP contribution in [0.4, 0.5) is 13.2 Å². The van der Waals surface area contributed by atoms with Gasteiger partial charge in [0.15, 0.2) is 0 Å². The summed E-state index contributed by atoms with van der Waals surface area (Å²) in [5.74, 6) is 0. The fourth-order valence-electron chi connectivity index (χ4n) is 2.11. The van der Waals surface area contributed by atoms with E-state index in [0.717, 1.165) is 28.8 Å². The fraction of sp³-hybridized carbons (Fsp3) is 0.294. The van der Waals surface area contributed by atoms with Crippen molar-refractivity contribution in [3.8, 4) is 0 Å². The molecule has 0 spiro atoms. The normalized spacial score (nSPS) is 13.1. The molecule has 22 heavy (non-hydrogen) atoms. The molecule has 118 valence electrons. The molecule has 0 aliphatic rings. The molecule has 2 rings (SSSR count). The molecule has 2 aromatic carbocycles. The Labute approximate surface area is 127 Å². The smallest absolute Gasteiger partial charge is 0.392 e. The number of hydrogen-bond donors (Lipinski definition) is 2. The predicted molar refractivity (Wildman–Crippen MR) is 79.1 cm³/mol. The van der Waals surface area contributed by atoms with Crippen molar-refractivity contribution in [3.63, 3.8) is 0 Å². The molecule has 5 heteroatoms. The van der Waals surface area contributed by atoms with Gasteiger partial charge in [-0.3, -0.25) is 0 Å². The van der Waals surface area contributed by atoms with Gasteiger partial charge >= 0.3 is 6.18 Å². The zero-order valence-electron chi connectivity index (χ0n) is 12.2. The van der Waals surface area contributed by atoms with Crippen molar-refractivity contribution in [1.29, 1.82) is 0 Å². The molecule has 0 bridgehead atoms. The first-order chi connectivity index (χ1) is 10.4. The van der Waals surface area contributed by atoms with Gasteiger partial charge in [0.25, 0.3) is 0 Å². The first-order valence-corrected chi connectivity index (χ1v) is 6.99. The van der Waals surface area contributed by atoms with Gasteiger partial charge in [0.1, 0.15) is 0 Å². The van der Waals surface area contributed by atoms with Gasteiger partial charge in [0.2, 0.25) is 0 Å². The van der Waals surface area contributed by atoms with Crippen molar-refractivity contribution in [1.82, 2.24) is 5.32 Å². The average Bonchev–Trinajstić information content (AvgIpc) is 2.52. The van der Waals surface area contributed by atoms with Gasteiger partial charge in [-0.2, -0.15) is 13.2 Å². The third-order valence-corrected chi connectivity index (χ3v) is 3.56. The molecule has 0 heterocycles. The van der Waals surface area contributed by atoms with Crippen LogP contribution in [0.3, 0.4) is 0 Å². The number of rotatable bonds is 5. The second-order valence-electron chi connectivity index (χ2n) is 5.20. The van der Waals surface area contributed by atoms with Crippen LogP contribution in [0, 0.1) is 0 Å². The molecule has 0 amide bonds. The Balaban J connectivity index is 1.95. The fourth-order valence-corrected chi connectivity index (χ4v) is 2.11. The lowest BCUT2D eigenvalue weighted by atomic mass is 10.1. The molecule has 0 saturated carbocycles. The maximum atomic E-state index is 12.5. The van der Waals surface area contributed by atoms with Crippen molar-refractivity contribution < 1.29 is 18.3 Å². The molecule has 2 nitrogen and oxygen atoms in total. The standard InChI is InChI=1S/C17H18F3NO/c1-12(15-6-8-16(9-7-15)17(18,19)20)21-10-13-2-4-14(11-22)5-3-13/h2-9,12,21-22H,10-11H2,1H3. The lowest BCUT2D eigenvalue weighted by Crippen LogP contribution is -2.18. The molecule has 1 unspecified atom stereocenters. The molecule has 2 aromatic rings. The minimum absolute atomic E-state index is 0.00959. The lowest BCUT2D eigenvalue weighted by molar-refractivity contribution is -0.137. The monoisotopic (exact) mass is 309 g/mol. The number of benzene rings is 2. The minimum atomic E-state index is -4.30. The summed E-state index contributed by atoms with van der Waals surface area (Å²) in [5, 5.41) is 12.2. The van der Waals surface area contributed by atoms with Crippen molar-refractivity contribution in [2.24, 2.45) is 0 Å². The van der Waals surface area contributed by atoms with Crippen molar-refractivity contribution in [2.75, 3.05) is 0 Å². The first-order valence-electron chi connectivity index (χ1n) is 6.99. The Kier molecular flexibility index (Phi) is 5.21. The van der Waals surface area contributed by atoms with Crippen LogP contribution >= 0.6 is 0 Å². The minimum Gasteiger partial charge on any atom is -0.392 e. The Morgan fingerprint density at radius 3 is 2.00 bits per heavy atom. The van der Waals surface area contributed by atoms with Crippen LogP contribution in [0.5, 0.6) is 0 Å². The number of halogens is 3. The van der Waals surface area contributed by atoms with E-state index < -0.39 is 11.7 Å². The zero-order chi connectivity index (χ0) is 16.2. The van der Waals surface area contributed by atoms with Gasteiger partial charge in [-0.15, -0.1) is 0 Å². The number of alkyl halides is 3. The second kappa shape index (κ2) is 6.94. The Morgan fingerprint density at radius 2 is 1.50 bits per heavy atom. The number of hydrogen-bond acceptors (Lipinski definition) is 2. The average molecular weight is 309 g/mol. The first kappa shape index (κ1) is 16.5. The highest BCUT2D eigenvalue weighted by Crippen LogP contribution is 2.29. The van der Waals surface area contributed by atoms with Gasteiger partial charge in [-0.05, 0) is 35.7 Å². The van der Waals surface area contributed by atoms with E-state index in [0.29, 0.717) is 6.54 Å². The van der Waals surface area contributed by atoms with Gasteiger partial charge in [-0.1, -0.05) is 36.4 Å². The highest BCUT2D eigenvalue weighted by molar-refractivity contribution is 5.27. The molecule has 1 atom stereocenters. The van der Waals surface area contributed by atoms with E-state index in [1.807, 2.05) is 31.2 Å². The van der Waals surface area contributed by atoms with Crippen LogP contribution in [-0.2, 0) is 19.3 Å². The maximum Gasteiger partial charge on any atom is 0.416 e. The van der Waals surface area contributed by atoms with E-state index in [4.69, 9.17) is 5.11 Å². The van der Waals surface area contributed by atoms with Crippen LogP contribution < -0.4 is 5.32 Å². The van der Waals surface area contributed by atoms with Crippen molar-refractivity contribution in [3.05, 3.63) is 70.8 Å². The van der Waals surface area contributed by atoms with E-state index in [-0.39, 0.29) is 12.6 Å². The van der Waals surface area contributed by atoms with Gasteiger partial charge in [0, 0.05) is 12.6 Å². The summed E-state index contributed by atoms with van der Waals surface area (Å²) >= 11 is 0. The topological polar surface area (TPSA) is 32.3 Å². The quantitative estimate of drug-likeness (QED) is 0.873. The number of nitrogens with one attached hydrogen (secondary N) is 1. The van der Waals surface area contributed by atoms with Gasteiger partial charge in [-0.25, -0.2) is 0 Å². The highest BCUT2D eigenvalue weighted by atomic mass is 19.4. The summed E-state index contributed by atoms with van der Waals surface area (Å²) in [5.41, 5.74) is 2.07. The molecule has 0 fully saturated rings. The van der Waals surface area contributed by atoms with E-state index >= 15 is 0 Å². The van der Waals surface area contributed by atoms with E-state index in [9.17, 15) is 13.2 Å². The van der Waals surface area contributed by atoms with Gasteiger partial charge in [0.05, 0.1) is 12.2 Å². The van der Waals surface area contributed by atoms with Crippen molar-refractivity contribution in [2.45, 2.75) is 32.3 Å². The second-order valence-corrected chi connectivity index (χ2v) is 5.20. The predicted octanol–water partition coefficient (Wildman–Crippen LogP) is 4.05. The van der Waals surface area contributed by atoms with Crippen molar-refractivity contribution >= 4 is 0 Å². The number of aliphatic hydroxyl groups excluding tert-OH is 1. The molecule has 0 aromatic heterocycles. The third kappa shape index (κ3) is 4.32. The molecular formula is C17H18F3NO. The van der Waals surface area contributed by atoms with Crippen LogP contribution in [-0.4, -0.2) is 5.11 Å². The summed E-state index contributed by atoms with van der Waals surface area (Å²) in [6.45, 7) is 2.52. The summed E-state index contributed by atoms with van der Waals surface area (Å²) < 4.78 is 37.6. The Morgan fingerprint density at radius 1 is 0.955 bits per heavy atom. The maximum absolute atomic E-state index is 12.5.